The van der Waals surface area contributed by atoms with Gasteiger partial charge in [-0.2, -0.15) is 4.99 Å². The van der Waals surface area contributed by atoms with Crippen molar-refractivity contribution in [3.8, 4) is 0 Å². The maximum Gasteiger partial charge on any atom is 0.343 e. The summed E-state index contributed by atoms with van der Waals surface area (Å²) in [6.07, 6.45) is 0. The van der Waals surface area contributed by atoms with E-state index in [9.17, 15) is 24.8 Å². The number of aliphatic hydroxyl groups is 1. The zero-order chi connectivity index (χ0) is 21.8. The van der Waals surface area contributed by atoms with Crippen molar-refractivity contribution >= 4 is 29.1 Å². The van der Waals surface area contributed by atoms with Crippen molar-refractivity contribution in [3.05, 3.63) is 86.7 Å². The number of nitro groups is 1. The van der Waals surface area contributed by atoms with Crippen LogP contribution in [0.3, 0.4) is 0 Å². The smallest absolute Gasteiger partial charge is 0.343 e. The number of carbonyl (C=O) groups excluding carboxylic acids is 2. The van der Waals surface area contributed by atoms with E-state index in [0.29, 0.717) is 11.1 Å². The first-order valence-electron chi connectivity index (χ1n) is 8.96. The Balaban J connectivity index is 2.08. The number of amides is 1. The van der Waals surface area contributed by atoms with Crippen molar-refractivity contribution in [2.45, 2.75) is 13.8 Å². The second-order valence-corrected chi connectivity index (χ2v) is 6.23. The van der Waals surface area contributed by atoms with Crippen molar-refractivity contribution in [2.75, 3.05) is 6.61 Å². The second-order valence-electron chi connectivity index (χ2n) is 6.23. The number of fused-ring (bicyclic) bond motifs is 1. The quantitative estimate of drug-likeness (QED) is 0.266. The third-order valence-electron chi connectivity index (χ3n) is 4.23. The Morgan fingerprint density at radius 1 is 1.17 bits per heavy atom. The van der Waals surface area contributed by atoms with E-state index in [1.165, 1.54) is 25.1 Å². The van der Waals surface area contributed by atoms with Gasteiger partial charge in [0.2, 0.25) is 0 Å². The number of hydrogen-bond donors (Lipinski definition) is 1. The van der Waals surface area contributed by atoms with Crippen LogP contribution in [0.15, 0.2) is 69.8 Å². The number of benzene rings is 2. The average Bonchev–Trinajstić information content (AvgIpc) is 3.06. The minimum absolute atomic E-state index is 0.0253. The molecular formula is C21H17N3O6. The van der Waals surface area contributed by atoms with Gasteiger partial charge < -0.3 is 9.84 Å². The summed E-state index contributed by atoms with van der Waals surface area (Å²) < 4.78 is 5.01. The van der Waals surface area contributed by atoms with Gasteiger partial charge in [0.1, 0.15) is 11.3 Å². The molecule has 0 radical (unpaired) electrons. The van der Waals surface area contributed by atoms with E-state index < -0.39 is 16.8 Å². The first-order chi connectivity index (χ1) is 14.3. The molecule has 9 nitrogen and oxygen atoms in total. The number of aliphatic imine (C=N–C) groups is 2. The lowest BCUT2D eigenvalue weighted by Crippen LogP contribution is -2.18. The minimum Gasteiger partial charge on any atom is -0.512 e. The van der Waals surface area contributed by atoms with Crippen molar-refractivity contribution in [1.82, 2.24) is 0 Å². The SMILES string of the molecule is CCOC(=O)/C(C1=NC(=NC(=O)c2cccc([N+](=O)[O-])c2)c2ccccc21)=C(/C)O. The highest BCUT2D eigenvalue weighted by atomic mass is 16.6. The molecule has 152 valence electrons. The standard InChI is InChI=1S/C21H17N3O6/c1-3-30-21(27)17(12(2)25)18-15-9-4-5-10-16(15)19(22-18)23-20(26)13-7-6-8-14(11-13)24(28)29/h4-11,25H,3H2,1-2H3/b17-12-,23-19?. The first kappa shape index (κ1) is 20.6. The lowest BCUT2D eigenvalue weighted by molar-refractivity contribution is -0.384. The molecule has 1 N–H and O–H groups in total. The summed E-state index contributed by atoms with van der Waals surface area (Å²) in [5, 5.41) is 21.0. The molecule has 0 bridgehead atoms. The Morgan fingerprint density at radius 2 is 1.87 bits per heavy atom. The zero-order valence-corrected chi connectivity index (χ0v) is 16.2. The van der Waals surface area contributed by atoms with E-state index in [4.69, 9.17) is 4.74 Å². The van der Waals surface area contributed by atoms with Crippen molar-refractivity contribution in [1.29, 1.82) is 0 Å². The number of nitro benzene ring substituents is 1. The molecule has 2 aromatic rings. The van der Waals surface area contributed by atoms with Gasteiger partial charge in [0, 0.05) is 28.8 Å². The lowest BCUT2D eigenvalue weighted by Gasteiger charge is -2.08. The first-order valence-corrected chi connectivity index (χ1v) is 8.96. The van der Waals surface area contributed by atoms with Gasteiger partial charge in [-0.05, 0) is 19.9 Å². The number of hydrogen-bond acceptors (Lipinski definition) is 6. The van der Waals surface area contributed by atoms with Gasteiger partial charge in [-0.15, -0.1) is 0 Å². The molecule has 0 fully saturated rings. The molecule has 1 aliphatic rings. The van der Waals surface area contributed by atoms with Crippen LogP contribution in [0.25, 0.3) is 0 Å². The van der Waals surface area contributed by atoms with Crippen LogP contribution in [-0.2, 0) is 9.53 Å². The molecule has 0 spiro atoms. The van der Waals surface area contributed by atoms with Crippen LogP contribution in [0.2, 0.25) is 0 Å². The van der Waals surface area contributed by atoms with Crippen LogP contribution in [0.5, 0.6) is 0 Å². The predicted molar refractivity (Wildman–Crippen MR) is 109 cm³/mol. The second kappa shape index (κ2) is 8.48. The van der Waals surface area contributed by atoms with Crippen LogP contribution in [0, 0.1) is 10.1 Å². The third kappa shape index (κ3) is 4.00. The molecule has 1 amide bonds. The van der Waals surface area contributed by atoms with Gasteiger partial charge >= 0.3 is 5.97 Å². The maximum absolute atomic E-state index is 12.6. The normalized spacial score (nSPS) is 14.6. The highest BCUT2D eigenvalue weighted by Crippen LogP contribution is 2.26. The fraction of sp³-hybridized carbons (Fsp3) is 0.143. The number of allylic oxidation sites excluding steroid dienone is 1. The summed E-state index contributed by atoms with van der Waals surface area (Å²) in [5.41, 5.74) is 0.777. The fourth-order valence-corrected chi connectivity index (χ4v) is 2.92. The largest absolute Gasteiger partial charge is 0.512 e. The summed E-state index contributed by atoms with van der Waals surface area (Å²) in [7, 11) is 0. The van der Waals surface area contributed by atoms with E-state index in [0.717, 1.165) is 6.07 Å². The number of aliphatic hydroxyl groups excluding tert-OH is 1. The molecule has 0 saturated carbocycles. The van der Waals surface area contributed by atoms with Gasteiger partial charge in [0.25, 0.3) is 11.6 Å². The van der Waals surface area contributed by atoms with Gasteiger partial charge in [0.15, 0.2) is 5.84 Å². The number of amidine groups is 1. The topological polar surface area (TPSA) is 131 Å². The summed E-state index contributed by atoms with van der Waals surface area (Å²) >= 11 is 0. The van der Waals surface area contributed by atoms with Crippen molar-refractivity contribution in [2.24, 2.45) is 9.98 Å². The van der Waals surface area contributed by atoms with E-state index in [1.807, 2.05) is 0 Å². The summed E-state index contributed by atoms with van der Waals surface area (Å²) in [5.74, 6) is -1.73. The molecular weight excluding hydrogens is 390 g/mol. The fourth-order valence-electron chi connectivity index (χ4n) is 2.92. The van der Waals surface area contributed by atoms with E-state index in [2.05, 4.69) is 9.98 Å². The molecule has 1 heterocycles. The number of nitrogens with zero attached hydrogens (tertiary/aromatic N) is 3. The summed E-state index contributed by atoms with van der Waals surface area (Å²) in [4.78, 5) is 43.6. The number of ether oxygens (including phenoxy) is 1. The Labute approximate surface area is 171 Å². The zero-order valence-electron chi connectivity index (χ0n) is 16.2. The predicted octanol–water partition coefficient (Wildman–Crippen LogP) is 3.38. The van der Waals surface area contributed by atoms with Gasteiger partial charge in [-0.25, -0.2) is 9.79 Å². The molecule has 1 aliphatic heterocycles. The number of rotatable bonds is 5. The van der Waals surface area contributed by atoms with Crippen LogP contribution in [0.4, 0.5) is 5.69 Å². The highest BCUT2D eigenvalue weighted by molar-refractivity contribution is 6.36. The van der Waals surface area contributed by atoms with Crippen LogP contribution >= 0.6 is 0 Å². The van der Waals surface area contributed by atoms with E-state index >= 15 is 0 Å². The highest BCUT2D eigenvalue weighted by Gasteiger charge is 2.30. The van der Waals surface area contributed by atoms with Crippen molar-refractivity contribution < 1.29 is 24.4 Å². The molecule has 0 unspecified atom stereocenters. The molecule has 2 aromatic carbocycles. The lowest BCUT2D eigenvalue weighted by atomic mass is 9.99. The molecule has 3 rings (SSSR count). The molecule has 0 saturated heterocycles. The van der Waals surface area contributed by atoms with Crippen LogP contribution in [0.1, 0.15) is 35.3 Å². The molecule has 0 atom stereocenters. The van der Waals surface area contributed by atoms with Crippen molar-refractivity contribution in [3.63, 3.8) is 0 Å². The molecule has 30 heavy (non-hydrogen) atoms. The van der Waals surface area contributed by atoms with E-state index in [1.54, 1.807) is 31.2 Å². The maximum atomic E-state index is 12.6. The molecule has 0 aliphatic carbocycles. The Bertz CT molecular complexity index is 1140. The van der Waals surface area contributed by atoms with E-state index in [-0.39, 0.29) is 40.7 Å². The summed E-state index contributed by atoms with van der Waals surface area (Å²) in [6, 6.07) is 12.0. The van der Waals surface area contributed by atoms with Crippen LogP contribution < -0.4 is 0 Å². The number of carbonyl (C=O) groups is 2. The monoisotopic (exact) mass is 407 g/mol. The Morgan fingerprint density at radius 3 is 2.50 bits per heavy atom. The molecule has 0 aromatic heterocycles. The third-order valence-corrected chi connectivity index (χ3v) is 4.23. The molecule has 9 heteroatoms. The average molecular weight is 407 g/mol. The summed E-state index contributed by atoms with van der Waals surface area (Å²) in [6.45, 7) is 3.08. The number of esters is 1. The Hall–Kier alpha value is -4.14. The van der Waals surface area contributed by atoms with Gasteiger partial charge in [-0.1, -0.05) is 30.3 Å². The van der Waals surface area contributed by atoms with Gasteiger partial charge in [0.05, 0.1) is 17.2 Å². The minimum atomic E-state index is -0.752. The van der Waals surface area contributed by atoms with Crippen LogP contribution in [-0.4, -0.2) is 40.1 Å². The number of non-ortho nitro benzene ring substituents is 1. The Kier molecular flexibility index (Phi) is 5.82. The van der Waals surface area contributed by atoms with Gasteiger partial charge in [-0.3, -0.25) is 14.9 Å².